The lowest BCUT2D eigenvalue weighted by Crippen LogP contribution is -2.16. The summed E-state index contributed by atoms with van der Waals surface area (Å²) in [6.45, 7) is 4.34. The van der Waals surface area contributed by atoms with Gasteiger partial charge in [-0.3, -0.25) is 0 Å². The van der Waals surface area contributed by atoms with E-state index in [2.05, 4.69) is 10.1 Å². The molecule has 22 heavy (non-hydrogen) atoms. The molecule has 0 amide bonds. The second-order valence-corrected chi connectivity index (χ2v) is 4.73. The van der Waals surface area contributed by atoms with Crippen molar-refractivity contribution in [2.45, 2.75) is 20.4 Å². The Hall–Kier alpha value is -2.56. The standard InChI is InChI=1S/C17H21NO4/c1-12-5-7-14(8-6-12)11-18-13(2)15(17(20)22-4)9-10-16(19)21-3/h5-10,18H,11H2,1-4H3. The molecule has 1 N–H and O–H groups in total. The maximum atomic E-state index is 11.8. The van der Waals surface area contributed by atoms with Gasteiger partial charge in [-0.15, -0.1) is 0 Å². The lowest BCUT2D eigenvalue weighted by molar-refractivity contribution is -0.135. The first-order valence-electron chi connectivity index (χ1n) is 6.82. The second kappa shape index (κ2) is 8.67. The maximum absolute atomic E-state index is 11.8. The van der Waals surface area contributed by atoms with Gasteiger partial charge in [0.2, 0.25) is 0 Å². The predicted molar refractivity (Wildman–Crippen MR) is 83.9 cm³/mol. The van der Waals surface area contributed by atoms with Crippen LogP contribution in [0.15, 0.2) is 47.7 Å². The van der Waals surface area contributed by atoms with E-state index in [1.807, 2.05) is 31.2 Å². The Morgan fingerprint density at radius 3 is 2.27 bits per heavy atom. The van der Waals surface area contributed by atoms with Gasteiger partial charge in [-0.05, 0) is 25.5 Å². The minimum absolute atomic E-state index is 0.278. The fourth-order valence-corrected chi connectivity index (χ4v) is 1.71. The number of carbonyl (C=O) groups is 2. The number of hydrogen-bond donors (Lipinski definition) is 1. The first-order chi connectivity index (χ1) is 10.5. The SMILES string of the molecule is COC(=O)C=CC(C(=O)OC)=C(C)NCc1ccc(C)cc1. The number of ether oxygens (including phenoxy) is 2. The van der Waals surface area contributed by atoms with Crippen LogP contribution in [-0.4, -0.2) is 26.2 Å². The van der Waals surface area contributed by atoms with Crippen molar-refractivity contribution in [1.82, 2.24) is 5.32 Å². The first-order valence-corrected chi connectivity index (χ1v) is 6.82. The van der Waals surface area contributed by atoms with Crippen LogP contribution in [0.4, 0.5) is 0 Å². The Morgan fingerprint density at radius 1 is 1.09 bits per heavy atom. The molecule has 0 aromatic heterocycles. The summed E-state index contributed by atoms with van der Waals surface area (Å²) in [4.78, 5) is 22.9. The van der Waals surface area contributed by atoms with Crippen LogP contribution < -0.4 is 5.32 Å². The molecule has 0 saturated heterocycles. The summed E-state index contributed by atoms with van der Waals surface area (Å²) < 4.78 is 9.24. The first kappa shape index (κ1) is 17.5. The molecule has 5 nitrogen and oxygen atoms in total. The summed E-state index contributed by atoms with van der Waals surface area (Å²) in [6.07, 6.45) is 2.57. The third kappa shape index (κ3) is 5.44. The fraction of sp³-hybridized carbons (Fsp3) is 0.294. The molecule has 0 radical (unpaired) electrons. The van der Waals surface area contributed by atoms with Crippen LogP contribution in [0.1, 0.15) is 18.1 Å². The van der Waals surface area contributed by atoms with E-state index in [0.29, 0.717) is 12.2 Å². The highest BCUT2D eigenvalue weighted by Crippen LogP contribution is 2.09. The monoisotopic (exact) mass is 303 g/mol. The van der Waals surface area contributed by atoms with Gasteiger partial charge < -0.3 is 14.8 Å². The third-order valence-corrected chi connectivity index (χ3v) is 3.07. The molecule has 0 fully saturated rings. The minimum Gasteiger partial charge on any atom is -0.466 e. The number of hydrogen-bond acceptors (Lipinski definition) is 5. The van der Waals surface area contributed by atoms with E-state index in [1.165, 1.54) is 31.9 Å². The van der Waals surface area contributed by atoms with Crippen LogP contribution in [0, 0.1) is 6.92 Å². The number of allylic oxidation sites excluding steroid dienone is 1. The topological polar surface area (TPSA) is 64.6 Å². The molecule has 0 bridgehead atoms. The van der Waals surface area contributed by atoms with Crippen molar-refractivity contribution in [3.8, 4) is 0 Å². The minimum atomic E-state index is -0.535. The molecule has 0 unspecified atom stereocenters. The molecule has 0 heterocycles. The summed E-state index contributed by atoms with van der Waals surface area (Å²) in [5.74, 6) is -1.05. The van der Waals surface area contributed by atoms with Crippen LogP contribution in [0.3, 0.4) is 0 Å². The number of carbonyl (C=O) groups excluding carboxylic acids is 2. The number of methoxy groups -OCH3 is 2. The van der Waals surface area contributed by atoms with Crippen LogP contribution in [0.5, 0.6) is 0 Å². The van der Waals surface area contributed by atoms with Gasteiger partial charge in [-0.1, -0.05) is 29.8 Å². The summed E-state index contributed by atoms with van der Waals surface area (Å²) in [5, 5.41) is 3.15. The van der Waals surface area contributed by atoms with Crippen molar-refractivity contribution < 1.29 is 19.1 Å². The fourth-order valence-electron chi connectivity index (χ4n) is 1.71. The van der Waals surface area contributed by atoms with Gasteiger partial charge in [-0.2, -0.15) is 0 Å². The molecular weight excluding hydrogens is 282 g/mol. The van der Waals surface area contributed by atoms with Gasteiger partial charge in [0.05, 0.1) is 19.8 Å². The molecule has 0 aliphatic carbocycles. The number of rotatable bonds is 6. The Morgan fingerprint density at radius 2 is 1.73 bits per heavy atom. The third-order valence-electron chi connectivity index (χ3n) is 3.07. The highest BCUT2D eigenvalue weighted by Gasteiger charge is 2.11. The van der Waals surface area contributed by atoms with Crippen molar-refractivity contribution >= 4 is 11.9 Å². The summed E-state index contributed by atoms with van der Waals surface area (Å²) >= 11 is 0. The molecule has 0 saturated carbocycles. The summed E-state index contributed by atoms with van der Waals surface area (Å²) in [7, 11) is 2.57. The Labute approximate surface area is 130 Å². The van der Waals surface area contributed by atoms with E-state index in [-0.39, 0.29) is 5.57 Å². The molecule has 1 aromatic carbocycles. The van der Waals surface area contributed by atoms with Crippen LogP contribution in [-0.2, 0) is 25.6 Å². The largest absolute Gasteiger partial charge is 0.466 e. The molecule has 0 atom stereocenters. The average Bonchev–Trinajstić information content (AvgIpc) is 2.53. The van der Waals surface area contributed by atoms with Crippen molar-refractivity contribution in [2.75, 3.05) is 14.2 Å². The highest BCUT2D eigenvalue weighted by molar-refractivity contribution is 5.94. The van der Waals surface area contributed by atoms with Crippen LogP contribution in [0.2, 0.25) is 0 Å². The van der Waals surface area contributed by atoms with Crippen molar-refractivity contribution in [3.05, 3.63) is 58.8 Å². The van der Waals surface area contributed by atoms with Gasteiger partial charge in [0.15, 0.2) is 0 Å². The summed E-state index contributed by atoms with van der Waals surface area (Å²) in [5.41, 5.74) is 3.17. The van der Waals surface area contributed by atoms with E-state index in [1.54, 1.807) is 6.92 Å². The van der Waals surface area contributed by atoms with Gasteiger partial charge >= 0.3 is 11.9 Å². The van der Waals surface area contributed by atoms with Gasteiger partial charge in [-0.25, -0.2) is 9.59 Å². The van der Waals surface area contributed by atoms with E-state index in [9.17, 15) is 9.59 Å². The number of nitrogens with one attached hydrogen (secondary N) is 1. The molecule has 118 valence electrons. The molecule has 0 aliphatic rings. The van der Waals surface area contributed by atoms with Crippen LogP contribution >= 0.6 is 0 Å². The molecule has 0 aliphatic heterocycles. The molecule has 1 rings (SSSR count). The average molecular weight is 303 g/mol. The van der Waals surface area contributed by atoms with Gasteiger partial charge in [0, 0.05) is 18.3 Å². The zero-order valence-electron chi connectivity index (χ0n) is 13.3. The molecule has 1 aromatic rings. The lowest BCUT2D eigenvalue weighted by Gasteiger charge is -2.10. The highest BCUT2D eigenvalue weighted by atomic mass is 16.5. The zero-order chi connectivity index (χ0) is 16.5. The number of benzene rings is 1. The van der Waals surface area contributed by atoms with Gasteiger partial charge in [0.1, 0.15) is 0 Å². The van der Waals surface area contributed by atoms with Crippen molar-refractivity contribution in [3.63, 3.8) is 0 Å². The van der Waals surface area contributed by atoms with E-state index in [4.69, 9.17) is 4.74 Å². The number of aryl methyl sites for hydroxylation is 1. The molecule has 5 heteroatoms. The zero-order valence-corrected chi connectivity index (χ0v) is 13.3. The van der Waals surface area contributed by atoms with Crippen LogP contribution in [0.25, 0.3) is 0 Å². The molecule has 0 spiro atoms. The lowest BCUT2D eigenvalue weighted by atomic mass is 10.1. The predicted octanol–water partition coefficient (Wildman–Crippen LogP) is 2.26. The second-order valence-electron chi connectivity index (χ2n) is 4.73. The van der Waals surface area contributed by atoms with Crippen molar-refractivity contribution in [2.24, 2.45) is 0 Å². The Bertz CT molecular complexity index is 585. The van der Waals surface area contributed by atoms with E-state index >= 15 is 0 Å². The number of esters is 2. The Kier molecular flexibility index (Phi) is 6.89. The quantitative estimate of drug-likeness (QED) is 0.496. The molecular formula is C17H21NO4. The van der Waals surface area contributed by atoms with E-state index in [0.717, 1.165) is 5.56 Å². The van der Waals surface area contributed by atoms with Gasteiger partial charge in [0.25, 0.3) is 0 Å². The van der Waals surface area contributed by atoms with Crippen molar-refractivity contribution in [1.29, 1.82) is 0 Å². The van der Waals surface area contributed by atoms with E-state index < -0.39 is 11.9 Å². The summed E-state index contributed by atoms with van der Waals surface area (Å²) in [6, 6.07) is 8.07. The normalized spacial score (nSPS) is 11.8. The Balaban J connectivity index is 2.86. The smallest absolute Gasteiger partial charge is 0.339 e. The maximum Gasteiger partial charge on any atom is 0.339 e.